The predicted molar refractivity (Wildman–Crippen MR) is 114 cm³/mol. The first kappa shape index (κ1) is 17.7. The van der Waals surface area contributed by atoms with Crippen molar-refractivity contribution in [2.75, 3.05) is 29.9 Å². The van der Waals surface area contributed by atoms with Gasteiger partial charge in [0.25, 0.3) is 0 Å². The molecule has 5 rings (SSSR count). The number of urea groups is 1. The molecule has 4 nitrogen and oxygen atoms in total. The molecule has 2 aliphatic heterocycles. The van der Waals surface area contributed by atoms with Gasteiger partial charge in [0.05, 0.1) is 0 Å². The maximum atomic E-state index is 13.0. The number of benzene rings is 2. The Hall–Kier alpha value is -2.33. The first-order valence-electron chi connectivity index (χ1n) is 10.8. The number of rotatable bonds is 2. The molecule has 2 amide bonds. The molecule has 1 aliphatic carbocycles. The highest BCUT2D eigenvalue weighted by atomic mass is 16.2. The van der Waals surface area contributed by atoms with Crippen molar-refractivity contribution < 1.29 is 4.79 Å². The lowest BCUT2D eigenvalue weighted by molar-refractivity contribution is 0.133. The number of carbonyl (C=O) groups excluding carboxylic acids is 1. The van der Waals surface area contributed by atoms with Crippen molar-refractivity contribution >= 4 is 17.4 Å². The molecule has 0 saturated heterocycles. The highest BCUT2D eigenvalue weighted by Gasteiger charge is 2.27. The molecule has 2 heterocycles. The van der Waals surface area contributed by atoms with Crippen LogP contribution in [0.25, 0.3) is 0 Å². The van der Waals surface area contributed by atoms with Crippen molar-refractivity contribution in [3.05, 3.63) is 59.2 Å². The van der Waals surface area contributed by atoms with E-state index in [0.717, 1.165) is 56.2 Å². The highest BCUT2D eigenvalue weighted by molar-refractivity contribution is 6.02. The van der Waals surface area contributed by atoms with Gasteiger partial charge in [0.15, 0.2) is 0 Å². The highest BCUT2D eigenvalue weighted by Crippen LogP contribution is 2.29. The third-order valence-electron chi connectivity index (χ3n) is 6.74. The molecule has 0 radical (unpaired) electrons. The minimum Gasteiger partial charge on any atom is -0.308 e. The van der Waals surface area contributed by atoms with E-state index in [4.69, 9.17) is 0 Å². The Kier molecular flexibility index (Phi) is 4.81. The monoisotopic (exact) mass is 375 g/mol. The Bertz CT molecular complexity index is 874. The number of amides is 2. The summed E-state index contributed by atoms with van der Waals surface area (Å²) in [4.78, 5) is 17.5. The molecule has 0 spiro atoms. The van der Waals surface area contributed by atoms with Crippen molar-refractivity contribution in [2.24, 2.45) is 0 Å². The summed E-state index contributed by atoms with van der Waals surface area (Å²) < 4.78 is 0. The number of carbonyl (C=O) groups is 1. The molecule has 2 aromatic carbocycles. The predicted octanol–water partition coefficient (Wildman–Crippen LogP) is 4.62. The molecule has 0 bridgehead atoms. The van der Waals surface area contributed by atoms with Gasteiger partial charge in [-0.1, -0.05) is 30.7 Å². The van der Waals surface area contributed by atoms with Gasteiger partial charge >= 0.3 is 6.03 Å². The molecule has 1 N–H and O–H groups in total. The van der Waals surface area contributed by atoms with Crippen LogP contribution in [0, 0.1) is 0 Å². The Balaban J connectivity index is 1.29. The van der Waals surface area contributed by atoms with Crippen LogP contribution < -0.4 is 10.2 Å². The van der Waals surface area contributed by atoms with Crippen LogP contribution in [-0.4, -0.2) is 36.6 Å². The molecule has 28 heavy (non-hydrogen) atoms. The Morgan fingerprint density at radius 2 is 1.68 bits per heavy atom. The average Bonchev–Trinajstić information content (AvgIpc) is 2.89. The number of hydrogen-bond acceptors (Lipinski definition) is 2. The van der Waals surface area contributed by atoms with E-state index >= 15 is 0 Å². The third kappa shape index (κ3) is 3.42. The average molecular weight is 376 g/mol. The van der Waals surface area contributed by atoms with Crippen molar-refractivity contribution in [3.63, 3.8) is 0 Å². The first-order valence-corrected chi connectivity index (χ1v) is 10.8. The van der Waals surface area contributed by atoms with Crippen LogP contribution in [0.15, 0.2) is 42.5 Å². The minimum absolute atomic E-state index is 0.0168. The number of hydrogen-bond donors (Lipinski definition) is 1. The molecular formula is C24H29N3O. The normalized spacial score (nSPS) is 19.9. The summed E-state index contributed by atoms with van der Waals surface area (Å²) in [6.07, 6.45) is 8.41. The molecule has 3 aliphatic rings. The van der Waals surface area contributed by atoms with E-state index in [-0.39, 0.29) is 6.03 Å². The summed E-state index contributed by atoms with van der Waals surface area (Å²) >= 11 is 0. The smallest absolute Gasteiger partial charge is 0.308 e. The Labute approximate surface area is 167 Å². The number of aryl methyl sites for hydroxylation is 1. The summed E-state index contributed by atoms with van der Waals surface area (Å²) in [6, 6.07) is 15.5. The summed E-state index contributed by atoms with van der Waals surface area (Å²) in [5.74, 6) is 0. The second-order valence-electron chi connectivity index (χ2n) is 8.42. The van der Waals surface area contributed by atoms with E-state index in [1.807, 2.05) is 11.0 Å². The summed E-state index contributed by atoms with van der Waals surface area (Å²) in [5.41, 5.74) is 6.09. The second-order valence-corrected chi connectivity index (χ2v) is 8.42. The third-order valence-corrected chi connectivity index (χ3v) is 6.74. The lowest BCUT2D eigenvalue weighted by atomic mass is 9.91. The van der Waals surface area contributed by atoms with E-state index in [1.165, 1.54) is 42.5 Å². The van der Waals surface area contributed by atoms with Crippen LogP contribution in [-0.2, 0) is 19.3 Å². The van der Waals surface area contributed by atoms with Crippen molar-refractivity contribution in [1.29, 1.82) is 0 Å². The van der Waals surface area contributed by atoms with Crippen LogP contribution in [0.3, 0.4) is 0 Å². The van der Waals surface area contributed by atoms with Crippen LogP contribution >= 0.6 is 0 Å². The van der Waals surface area contributed by atoms with Crippen LogP contribution in [0.5, 0.6) is 0 Å². The van der Waals surface area contributed by atoms with Crippen LogP contribution in [0.2, 0.25) is 0 Å². The molecule has 146 valence electrons. The molecular weight excluding hydrogens is 346 g/mol. The number of nitrogens with one attached hydrogen (secondary N) is 1. The van der Waals surface area contributed by atoms with E-state index in [9.17, 15) is 4.79 Å². The Morgan fingerprint density at radius 1 is 0.857 bits per heavy atom. The molecule has 1 fully saturated rings. The number of nitrogens with zero attached hydrogens (tertiary/aromatic N) is 2. The lowest BCUT2D eigenvalue weighted by Gasteiger charge is -2.36. The fourth-order valence-electron chi connectivity index (χ4n) is 4.87. The van der Waals surface area contributed by atoms with E-state index in [2.05, 4.69) is 46.6 Å². The summed E-state index contributed by atoms with van der Waals surface area (Å²) in [6.45, 7) is 3.10. The van der Waals surface area contributed by atoms with Gasteiger partial charge in [-0.3, -0.25) is 9.80 Å². The van der Waals surface area contributed by atoms with Gasteiger partial charge < -0.3 is 5.32 Å². The van der Waals surface area contributed by atoms with Crippen molar-refractivity contribution in [3.8, 4) is 0 Å². The lowest BCUT2D eigenvalue weighted by Crippen LogP contribution is -2.41. The van der Waals surface area contributed by atoms with Gasteiger partial charge in [-0.15, -0.1) is 0 Å². The SMILES string of the molecule is O=C(Nc1ccc2c(c1)CCN(C1CCC1)CC2)N1CCCc2ccccc21. The zero-order valence-corrected chi connectivity index (χ0v) is 16.5. The quantitative estimate of drug-likeness (QED) is 0.831. The maximum Gasteiger partial charge on any atom is 0.326 e. The summed E-state index contributed by atoms with van der Waals surface area (Å²) in [5, 5.41) is 3.15. The largest absolute Gasteiger partial charge is 0.326 e. The fourth-order valence-corrected chi connectivity index (χ4v) is 4.87. The molecule has 0 atom stereocenters. The van der Waals surface area contributed by atoms with Crippen molar-refractivity contribution in [2.45, 2.75) is 51.0 Å². The standard InChI is InChI=1S/C24H29N3O/c28-24(27-14-4-6-19-5-1-2-9-23(19)27)25-21-11-10-18-12-15-26(22-7-3-8-22)16-13-20(18)17-21/h1-2,5,9-11,17,22H,3-4,6-8,12-16H2,(H,25,28). The molecule has 1 saturated carbocycles. The fraction of sp³-hybridized carbons (Fsp3) is 0.458. The molecule has 0 unspecified atom stereocenters. The van der Waals surface area contributed by atoms with Gasteiger partial charge in [0.1, 0.15) is 0 Å². The first-order chi connectivity index (χ1) is 13.8. The zero-order chi connectivity index (χ0) is 18.9. The van der Waals surface area contributed by atoms with Gasteiger partial charge in [0.2, 0.25) is 0 Å². The van der Waals surface area contributed by atoms with Gasteiger partial charge in [0, 0.05) is 37.1 Å². The van der Waals surface area contributed by atoms with Crippen LogP contribution in [0.1, 0.15) is 42.4 Å². The second kappa shape index (κ2) is 7.59. The number of para-hydroxylation sites is 1. The topological polar surface area (TPSA) is 35.6 Å². The minimum atomic E-state index is -0.0168. The van der Waals surface area contributed by atoms with Gasteiger partial charge in [-0.05, 0) is 73.4 Å². The van der Waals surface area contributed by atoms with E-state index in [1.54, 1.807) is 0 Å². The Morgan fingerprint density at radius 3 is 2.50 bits per heavy atom. The van der Waals surface area contributed by atoms with E-state index in [0.29, 0.717) is 0 Å². The van der Waals surface area contributed by atoms with Gasteiger partial charge in [-0.25, -0.2) is 4.79 Å². The molecule has 4 heteroatoms. The van der Waals surface area contributed by atoms with Gasteiger partial charge in [-0.2, -0.15) is 0 Å². The van der Waals surface area contributed by atoms with Crippen molar-refractivity contribution in [1.82, 2.24) is 4.90 Å². The number of fused-ring (bicyclic) bond motifs is 2. The summed E-state index contributed by atoms with van der Waals surface area (Å²) in [7, 11) is 0. The number of anilines is 2. The molecule has 2 aromatic rings. The van der Waals surface area contributed by atoms with E-state index < -0.39 is 0 Å². The van der Waals surface area contributed by atoms with Crippen LogP contribution in [0.4, 0.5) is 16.2 Å². The zero-order valence-electron chi connectivity index (χ0n) is 16.5. The maximum absolute atomic E-state index is 13.0. The molecule has 0 aromatic heterocycles.